The summed E-state index contributed by atoms with van der Waals surface area (Å²) in [5.74, 6) is 0. The van der Waals surface area contributed by atoms with E-state index in [0.29, 0.717) is 0 Å². The molecule has 21 heavy (non-hydrogen) atoms. The van der Waals surface area contributed by atoms with Crippen molar-refractivity contribution < 1.29 is 0 Å². The summed E-state index contributed by atoms with van der Waals surface area (Å²) in [7, 11) is 0. The zero-order valence-electron chi connectivity index (χ0n) is 14.1. The molecule has 2 nitrogen and oxygen atoms in total. The van der Waals surface area contributed by atoms with Gasteiger partial charge in [0.25, 0.3) is 0 Å². The van der Waals surface area contributed by atoms with Crippen molar-refractivity contribution in [2.45, 2.75) is 41.5 Å². The Bertz CT molecular complexity index is 534. The summed E-state index contributed by atoms with van der Waals surface area (Å²) >= 11 is 0. The van der Waals surface area contributed by atoms with Gasteiger partial charge in [0.15, 0.2) is 0 Å². The number of hydrogen-bond acceptors (Lipinski definition) is 1. The van der Waals surface area contributed by atoms with Crippen LogP contribution in [-0.4, -0.2) is 10.2 Å². The molecule has 0 unspecified atom stereocenters. The number of benzene rings is 1. The Morgan fingerprint density at radius 2 is 1.67 bits per heavy atom. The smallest absolute Gasteiger partial charge is 0.0919 e. The third-order valence-corrected chi connectivity index (χ3v) is 2.60. The first-order valence-electron chi connectivity index (χ1n) is 7.50. The average Bonchev–Trinajstić information content (AvgIpc) is 2.95. The molecule has 1 heterocycles. The van der Waals surface area contributed by atoms with Crippen molar-refractivity contribution in [3.63, 3.8) is 0 Å². The van der Waals surface area contributed by atoms with Crippen LogP contribution >= 0.6 is 0 Å². The molecule has 2 aromatic rings. The third kappa shape index (κ3) is 7.93. The quantitative estimate of drug-likeness (QED) is 0.702. The average molecular weight is 284 g/mol. The predicted octanol–water partition coefficient (Wildman–Crippen LogP) is 5.72. The lowest BCUT2D eigenvalue weighted by molar-refractivity contribution is 1.04. The first kappa shape index (κ1) is 18.9. The second-order valence-corrected chi connectivity index (χ2v) is 4.33. The van der Waals surface area contributed by atoms with E-state index in [1.807, 2.05) is 65.0 Å². The molecule has 0 amide bonds. The Morgan fingerprint density at radius 1 is 1.05 bits per heavy atom. The Hall–Kier alpha value is -2.09. The van der Waals surface area contributed by atoms with Crippen molar-refractivity contribution in [1.82, 2.24) is 10.2 Å². The number of H-pyrrole nitrogens is 1. The van der Waals surface area contributed by atoms with Gasteiger partial charge in [0, 0.05) is 5.69 Å². The predicted molar refractivity (Wildman–Crippen MR) is 94.3 cm³/mol. The van der Waals surface area contributed by atoms with E-state index in [2.05, 4.69) is 41.4 Å². The molecule has 0 radical (unpaired) electrons. The van der Waals surface area contributed by atoms with Crippen LogP contribution in [0.3, 0.4) is 0 Å². The molecule has 0 aliphatic heterocycles. The van der Waals surface area contributed by atoms with Crippen LogP contribution in [0.15, 0.2) is 54.6 Å². The number of aromatic nitrogens is 2. The van der Waals surface area contributed by atoms with Gasteiger partial charge in [0.05, 0.1) is 5.69 Å². The number of nitrogens with zero attached hydrogens (tertiary/aromatic N) is 1. The summed E-state index contributed by atoms with van der Waals surface area (Å²) in [6, 6.07) is 12.3. The standard InChI is InChI=1S/C10H14N2.C7H8.C2H6/c1-4-6-9(5-2)10-7-8(3)11-12-10;1-7-5-3-2-4-6-7;1-2/h4-7H,1-3H3,(H,11,12);2-6H,1H3;1-2H3/b6-4-,9-5+;;. The summed E-state index contributed by atoms with van der Waals surface area (Å²) < 4.78 is 0. The van der Waals surface area contributed by atoms with Gasteiger partial charge in [-0.05, 0) is 39.3 Å². The van der Waals surface area contributed by atoms with Gasteiger partial charge in [0.1, 0.15) is 0 Å². The van der Waals surface area contributed by atoms with Gasteiger partial charge in [-0.3, -0.25) is 5.10 Å². The first-order valence-corrected chi connectivity index (χ1v) is 7.50. The lowest BCUT2D eigenvalue weighted by Crippen LogP contribution is -1.79. The minimum absolute atomic E-state index is 1.01. The van der Waals surface area contributed by atoms with Crippen molar-refractivity contribution in [3.05, 3.63) is 71.6 Å². The summed E-state index contributed by atoms with van der Waals surface area (Å²) in [6.07, 6.45) is 6.12. The van der Waals surface area contributed by atoms with Crippen LogP contribution in [-0.2, 0) is 0 Å². The highest BCUT2D eigenvalue weighted by atomic mass is 15.1. The van der Waals surface area contributed by atoms with E-state index < -0.39 is 0 Å². The van der Waals surface area contributed by atoms with Crippen molar-refractivity contribution in [2.24, 2.45) is 0 Å². The van der Waals surface area contributed by atoms with Crippen LogP contribution < -0.4 is 0 Å². The monoisotopic (exact) mass is 284 g/mol. The molecule has 1 aromatic heterocycles. The van der Waals surface area contributed by atoms with Crippen molar-refractivity contribution in [3.8, 4) is 0 Å². The van der Waals surface area contributed by atoms with Crippen molar-refractivity contribution in [1.29, 1.82) is 0 Å². The van der Waals surface area contributed by atoms with E-state index >= 15 is 0 Å². The Labute approximate surface area is 129 Å². The lowest BCUT2D eigenvalue weighted by Gasteiger charge is -1.92. The maximum Gasteiger partial charge on any atom is 0.0919 e. The van der Waals surface area contributed by atoms with Crippen molar-refractivity contribution in [2.75, 3.05) is 0 Å². The number of hydrogen-bond donors (Lipinski definition) is 1. The molecule has 0 saturated carbocycles. The molecular formula is C19H28N2. The highest BCUT2D eigenvalue weighted by Gasteiger charge is 1.99. The van der Waals surface area contributed by atoms with Crippen LogP contribution in [0.5, 0.6) is 0 Å². The molecule has 114 valence electrons. The Kier molecular flexibility index (Phi) is 10.5. The molecule has 0 atom stereocenters. The van der Waals surface area contributed by atoms with Crippen LogP contribution in [0, 0.1) is 13.8 Å². The number of aryl methyl sites for hydroxylation is 2. The Morgan fingerprint density at radius 3 is 2.00 bits per heavy atom. The summed E-state index contributed by atoms with van der Waals surface area (Å²) in [5.41, 5.74) is 4.58. The van der Waals surface area contributed by atoms with E-state index in [1.54, 1.807) is 0 Å². The van der Waals surface area contributed by atoms with Crippen molar-refractivity contribution >= 4 is 5.57 Å². The van der Waals surface area contributed by atoms with Crippen LogP contribution in [0.2, 0.25) is 0 Å². The number of allylic oxidation sites excluding steroid dienone is 4. The van der Waals surface area contributed by atoms with Gasteiger partial charge in [0.2, 0.25) is 0 Å². The highest BCUT2D eigenvalue weighted by Crippen LogP contribution is 2.13. The third-order valence-electron chi connectivity index (χ3n) is 2.60. The molecule has 2 rings (SSSR count). The van der Waals surface area contributed by atoms with E-state index in [0.717, 1.165) is 17.0 Å². The maximum atomic E-state index is 4.16. The Balaban J connectivity index is 0.000000377. The molecule has 0 bridgehead atoms. The minimum Gasteiger partial charge on any atom is -0.282 e. The minimum atomic E-state index is 1.01. The first-order chi connectivity index (χ1) is 10.2. The molecular weight excluding hydrogens is 256 g/mol. The van der Waals surface area contributed by atoms with Gasteiger partial charge in [-0.15, -0.1) is 0 Å². The van der Waals surface area contributed by atoms with Gasteiger partial charge in [-0.1, -0.05) is 68.0 Å². The fourth-order valence-corrected chi connectivity index (χ4v) is 1.61. The summed E-state index contributed by atoms with van der Waals surface area (Å²) in [6.45, 7) is 12.1. The van der Waals surface area contributed by atoms with Gasteiger partial charge in [-0.2, -0.15) is 5.10 Å². The van der Waals surface area contributed by atoms with E-state index in [-0.39, 0.29) is 0 Å². The molecule has 1 N–H and O–H groups in total. The zero-order valence-corrected chi connectivity index (χ0v) is 14.1. The van der Waals surface area contributed by atoms with Crippen LogP contribution in [0.4, 0.5) is 0 Å². The van der Waals surface area contributed by atoms with Crippen LogP contribution in [0.25, 0.3) is 5.57 Å². The SMILES string of the molecule is C/C=C\C(=C/C)c1cc(C)[nH]n1.CC.Cc1ccccc1. The van der Waals surface area contributed by atoms with Crippen LogP contribution in [0.1, 0.15) is 44.6 Å². The molecule has 2 heteroatoms. The highest BCUT2D eigenvalue weighted by molar-refractivity contribution is 5.71. The fourth-order valence-electron chi connectivity index (χ4n) is 1.61. The van der Waals surface area contributed by atoms with Gasteiger partial charge in [-0.25, -0.2) is 0 Å². The second-order valence-electron chi connectivity index (χ2n) is 4.33. The summed E-state index contributed by atoms with van der Waals surface area (Å²) in [5, 5.41) is 7.08. The zero-order chi connectivity index (χ0) is 16.1. The normalized spacial score (nSPS) is 10.5. The lowest BCUT2D eigenvalue weighted by atomic mass is 10.1. The molecule has 0 spiro atoms. The number of nitrogens with one attached hydrogen (secondary N) is 1. The largest absolute Gasteiger partial charge is 0.282 e. The topological polar surface area (TPSA) is 28.7 Å². The maximum absolute atomic E-state index is 4.16. The fraction of sp³-hybridized carbons (Fsp3) is 0.316. The van der Waals surface area contributed by atoms with Gasteiger partial charge >= 0.3 is 0 Å². The molecule has 0 fully saturated rings. The molecule has 1 aromatic carbocycles. The summed E-state index contributed by atoms with van der Waals surface area (Å²) in [4.78, 5) is 0. The van der Waals surface area contributed by atoms with Gasteiger partial charge < -0.3 is 0 Å². The molecule has 0 aliphatic rings. The van der Waals surface area contributed by atoms with E-state index in [1.165, 1.54) is 5.56 Å². The number of aromatic amines is 1. The second kappa shape index (κ2) is 11.7. The van der Waals surface area contributed by atoms with E-state index in [9.17, 15) is 0 Å². The van der Waals surface area contributed by atoms with E-state index in [4.69, 9.17) is 0 Å². The molecule has 0 aliphatic carbocycles. The molecule has 0 saturated heterocycles. The number of rotatable bonds is 2.